The van der Waals surface area contributed by atoms with Crippen LogP contribution < -0.4 is 15.4 Å². The Hall–Kier alpha value is -3.95. The van der Waals surface area contributed by atoms with Crippen LogP contribution in [0.1, 0.15) is 5.56 Å². The molecule has 1 aliphatic rings. The molecule has 0 radical (unpaired) electrons. The number of fused-ring (bicyclic) bond motifs is 2. The van der Waals surface area contributed by atoms with E-state index in [0.29, 0.717) is 29.6 Å². The fourth-order valence-corrected chi connectivity index (χ4v) is 3.11. The number of hydrogen-bond donors (Lipinski definition) is 2. The molecule has 140 valence electrons. The van der Waals surface area contributed by atoms with Gasteiger partial charge in [0, 0.05) is 25.0 Å². The van der Waals surface area contributed by atoms with Crippen molar-refractivity contribution in [3.63, 3.8) is 0 Å². The van der Waals surface area contributed by atoms with Gasteiger partial charge in [-0.2, -0.15) is 15.2 Å². The predicted molar refractivity (Wildman–Crippen MR) is 101 cm³/mol. The maximum Gasteiger partial charge on any atom is 0.262 e. The highest BCUT2D eigenvalue weighted by molar-refractivity contribution is 5.96. The summed E-state index contributed by atoms with van der Waals surface area (Å²) in [5, 5.41) is 15.4. The van der Waals surface area contributed by atoms with Gasteiger partial charge in [0.15, 0.2) is 12.3 Å². The van der Waals surface area contributed by atoms with Crippen LogP contribution >= 0.6 is 0 Å². The molecular formula is C18H16N8O2. The molecule has 2 N–H and O–H groups in total. The first-order valence-corrected chi connectivity index (χ1v) is 8.64. The molecule has 3 aromatic heterocycles. The van der Waals surface area contributed by atoms with E-state index in [9.17, 15) is 4.79 Å². The van der Waals surface area contributed by atoms with Crippen LogP contribution in [-0.2, 0) is 18.4 Å². The quantitative estimate of drug-likeness (QED) is 0.557. The van der Waals surface area contributed by atoms with Gasteiger partial charge in [0.25, 0.3) is 5.91 Å². The summed E-state index contributed by atoms with van der Waals surface area (Å²) in [5.41, 5.74) is 3.04. The number of rotatable bonds is 4. The lowest BCUT2D eigenvalue weighted by Crippen LogP contribution is -2.26. The number of carbonyl (C=O) groups excluding carboxylic acids is 1. The molecule has 0 unspecified atom stereocenters. The smallest absolute Gasteiger partial charge is 0.262 e. The average Bonchev–Trinajstić information content (AvgIpc) is 3.28. The van der Waals surface area contributed by atoms with Gasteiger partial charge < -0.3 is 15.4 Å². The molecule has 0 fully saturated rings. The molecule has 0 spiro atoms. The maximum absolute atomic E-state index is 11.7. The predicted octanol–water partition coefficient (Wildman–Crippen LogP) is 1.68. The number of anilines is 3. The molecule has 4 heterocycles. The van der Waals surface area contributed by atoms with Crippen molar-refractivity contribution >= 4 is 34.3 Å². The molecule has 28 heavy (non-hydrogen) atoms. The minimum atomic E-state index is -0.171. The fraction of sp³-hybridized carbons (Fsp3) is 0.167. The summed E-state index contributed by atoms with van der Waals surface area (Å²) in [6, 6.07) is 5.65. The van der Waals surface area contributed by atoms with Crippen LogP contribution in [0.4, 0.5) is 17.3 Å². The minimum absolute atomic E-state index is 0.0255. The number of aromatic nitrogens is 6. The zero-order valence-corrected chi connectivity index (χ0v) is 15.0. The number of aryl methyl sites for hydroxylation is 1. The highest BCUT2D eigenvalue weighted by Crippen LogP contribution is 2.32. The van der Waals surface area contributed by atoms with Crippen LogP contribution in [0.5, 0.6) is 5.75 Å². The van der Waals surface area contributed by atoms with Crippen LogP contribution in [0.25, 0.3) is 11.0 Å². The number of hydrogen-bond acceptors (Lipinski definition) is 7. The van der Waals surface area contributed by atoms with Crippen molar-refractivity contribution < 1.29 is 9.53 Å². The molecule has 0 bridgehead atoms. The summed E-state index contributed by atoms with van der Waals surface area (Å²) in [6.45, 7) is 0.456. The SMILES string of the molecule is Cn1cc(Nc2ncc3cnn(Cc4cccc5c4NC(=O)CO5)c3n2)cn1. The van der Waals surface area contributed by atoms with Crippen molar-refractivity contribution in [3.8, 4) is 5.75 Å². The number of ether oxygens (including phenoxy) is 1. The second kappa shape index (κ2) is 6.34. The lowest BCUT2D eigenvalue weighted by atomic mass is 10.1. The van der Waals surface area contributed by atoms with Gasteiger partial charge in [-0.1, -0.05) is 12.1 Å². The molecule has 1 amide bonds. The summed E-state index contributed by atoms with van der Waals surface area (Å²) < 4.78 is 8.95. The summed E-state index contributed by atoms with van der Waals surface area (Å²) in [5.74, 6) is 0.937. The van der Waals surface area contributed by atoms with E-state index in [1.54, 1.807) is 28.0 Å². The van der Waals surface area contributed by atoms with E-state index in [2.05, 4.69) is 30.8 Å². The first-order chi connectivity index (χ1) is 13.7. The molecule has 0 aliphatic carbocycles. The van der Waals surface area contributed by atoms with E-state index in [1.165, 1.54) is 0 Å². The number of carbonyl (C=O) groups is 1. The third kappa shape index (κ3) is 2.90. The summed E-state index contributed by atoms with van der Waals surface area (Å²) >= 11 is 0. The first-order valence-electron chi connectivity index (χ1n) is 8.64. The topological polar surface area (TPSA) is 112 Å². The number of nitrogens with one attached hydrogen (secondary N) is 2. The summed E-state index contributed by atoms with van der Waals surface area (Å²) in [6.07, 6.45) is 6.97. The van der Waals surface area contributed by atoms with Crippen LogP contribution in [-0.4, -0.2) is 42.0 Å². The fourth-order valence-electron chi connectivity index (χ4n) is 3.11. The van der Waals surface area contributed by atoms with Crippen LogP contribution in [0.3, 0.4) is 0 Å². The van der Waals surface area contributed by atoms with E-state index < -0.39 is 0 Å². The molecule has 0 saturated carbocycles. The number of para-hydroxylation sites is 1. The second-order valence-corrected chi connectivity index (χ2v) is 6.43. The van der Waals surface area contributed by atoms with E-state index in [0.717, 1.165) is 16.6 Å². The average molecular weight is 376 g/mol. The van der Waals surface area contributed by atoms with Crippen molar-refractivity contribution in [1.82, 2.24) is 29.5 Å². The normalized spacial score (nSPS) is 13.1. The standard InChI is InChI=1S/C18H16N8O2/c1-25-9-13(7-20-25)22-18-19-5-12-6-21-26(17(12)24-18)8-11-3-2-4-14-16(11)23-15(27)10-28-14/h2-7,9H,8,10H2,1H3,(H,23,27)(H,19,22,24). The van der Waals surface area contributed by atoms with Gasteiger partial charge in [-0.25, -0.2) is 9.67 Å². The first kappa shape index (κ1) is 16.2. The molecule has 5 rings (SSSR count). The molecule has 10 heteroatoms. The van der Waals surface area contributed by atoms with Gasteiger partial charge in [-0.3, -0.25) is 9.48 Å². The molecule has 4 aromatic rings. The maximum atomic E-state index is 11.7. The molecular weight excluding hydrogens is 360 g/mol. The highest BCUT2D eigenvalue weighted by Gasteiger charge is 2.19. The highest BCUT2D eigenvalue weighted by atomic mass is 16.5. The van der Waals surface area contributed by atoms with Crippen LogP contribution in [0, 0.1) is 0 Å². The van der Waals surface area contributed by atoms with Crippen molar-refractivity contribution in [2.45, 2.75) is 6.54 Å². The Bertz CT molecular complexity index is 1200. The van der Waals surface area contributed by atoms with Gasteiger partial charge in [0.1, 0.15) is 5.75 Å². The number of nitrogens with zero attached hydrogens (tertiary/aromatic N) is 6. The third-order valence-electron chi connectivity index (χ3n) is 4.39. The lowest BCUT2D eigenvalue weighted by Gasteiger charge is -2.20. The zero-order valence-electron chi connectivity index (χ0n) is 15.0. The van der Waals surface area contributed by atoms with Gasteiger partial charge in [0.05, 0.1) is 35.7 Å². The van der Waals surface area contributed by atoms with Crippen molar-refractivity contribution in [3.05, 3.63) is 48.5 Å². The Morgan fingerprint density at radius 1 is 1.25 bits per heavy atom. The number of benzene rings is 1. The third-order valence-corrected chi connectivity index (χ3v) is 4.39. The summed E-state index contributed by atoms with van der Waals surface area (Å²) in [4.78, 5) is 20.6. The minimum Gasteiger partial charge on any atom is -0.482 e. The monoisotopic (exact) mass is 376 g/mol. The second-order valence-electron chi connectivity index (χ2n) is 6.43. The van der Waals surface area contributed by atoms with Gasteiger partial charge in [0.2, 0.25) is 5.95 Å². The van der Waals surface area contributed by atoms with Gasteiger partial charge in [-0.05, 0) is 6.07 Å². The molecule has 10 nitrogen and oxygen atoms in total. The summed E-state index contributed by atoms with van der Waals surface area (Å²) in [7, 11) is 1.84. The Morgan fingerprint density at radius 2 is 2.18 bits per heavy atom. The Labute approximate surface area is 159 Å². The Balaban J connectivity index is 1.48. The number of amides is 1. The van der Waals surface area contributed by atoms with Crippen molar-refractivity contribution in [2.75, 3.05) is 17.2 Å². The molecule has 1 aromatic carbocycles. The van der Waals surface area contributed by atoms with Gasteiger partial charge >= 0.3 is 0 Å². The van der Waals surface area contributed by atoms with E-state index >= 15 is 0 Å². The van der Waals surface area contributed by atoms with Gasteiger partial charge in [-0.15, -0.1) is 0 Å². The van der Waals surface area contributed by atoms with E-state index in [4.69, 9.17) is 4.74 Å². The molecule has 0 saturated heterocycles. The van der Waals surface area contributed by atoms with E-state index in [1.807, 2.05) is 31.4 Å². The lowest BCUT2D eigenvalue weighted by molar-refractivity contribution is -0.118. The molecule has 0 atom stereocenters. The van der Waals surface area contributed by atoms with Crippen LogP contribution in [0.15, 0.2) is 43.0 Å². The Morgan fingerprint density at radius 3 is 3.04 bits per heavy atom. The zero-order chi connectivity index (χ0) is 19.1. The van der Waals surface area contributed by atoms with Crippen molar-refractivity contribution in [2.24, 2.45) is 7.05 Å². The largest absolute Gasteiger partial charge is 0.482 e. The Kier molecular flexibility index (Phi) is 3.68. The van der Waals surface area contributed by atoms with Crippen LogP contribution in [0.2, 0.25) is 0 Å². The van der Waals surface area contributed by atoms with Crippen molar-refractivity contribution in [1.29, 1.82) is 0 Å². The van der Waals surface area contributed by atoms with E-state index in [-0.39, 0.29) is 12.5 Å². The molecule has 1 aliphatic heterocycles.